The van der Waals surface area contributed by atoms with Crippen LogP contribution in [0.25, 0.3) is 0 Å². The first-order valence-corrected chi connectivity index (χ1v) is 5.52. The SMILES string of the molecule is CCCCCC(CC)(CC)OC(=O)O. The summed E-state index contributed by atoms with van der Waals surface area (Å²) in [5, 5.41) is 8.65. The van der Waals surface area contributed by atoms with E-state index in [1.165, 1.54) is 0 Å². The fourth-order valence-electron chi connectivity index (χ4n) is 1.68. The van der Waals surface area contributed by atoms with E-state index >= 15 is 0 Å². The Kier molecular flexibility index (Phi) is 6.34. The molecule has 0 rings (SSSR count). The Labute approximate surface area is 86.5 Å². The molecule has 0 aliphatic carbocycles. The Bertz CT molecular complexity index is 162. The first kappa shape index (κ1) is 13.3. The van der Waals surface area contributed by atoms with E-state index in [9.17, 15) is 4.79 Å². The van der Waals surface area contributed by atoms with E-state index in [1.54, 1.807) is 0 Å². The molecule has 0 amide bonds. The van der Waals surface area contributed by atoms with Crippen LogP contribution in [-0.4, -0.2) is 16.9 Å². The van der Waals surface area contributed by atoms with Crippen LogP contribution in [0.3, 0.4) is 0 Å². The van der Waals surface area contributed by atoms with Crippen molar-refractivity contribution < 1.29 is 14.6 Å². The van der Waals surface area contributed by atoms with Gasteiger partial charge in [0.15, 0.2) is 0 Å². The molecule has 0 aliphatic heterocycles. The Hall–Kier alpha value is -0.730. The third kappa shape index (κ3) is 4.49. The van der Waals surface area contributed by atoms with Crippen LogP contribution in [0, 0.1) is 0 Å². The third-order valence-corrected chi connectivity index (χ3v) is 2.83. The topological polar surface area (TPSA) is 46.5 Å². The maximum atomic E-state index is 10.5. The first-order valence-electron chi connectivity index (χ1n) is 5.52. The molecule has 3 heteroatoms. The highest BCUT2D eigenvalue weighted by atomic mass is 16.7. The molecule has 0 fully saturated rings. The van der Waals surface area contributed by atoms with E-state index in [-0.39, 0.29) is 0 Å². The fraction of sp³-hybridized carbons (Fsp3) is 0.909. The van der Waals surface area contributed by atoms with Crippen LogP contribution in [0.1, 0.15) is 59.3 Å². The molecule has 0 aromatic rings. The van der Waals surface area contributed by atoms with Crippen molar-refractivity contribution in [2.75, 3.05) is 0 Å². The van der Waals surface area contributed by atoms with Crippen LogP contribution in [0.15, 0.2) is 0 Å². The molecule has 0 saturated heterocycles. The van der Waals surface area contributed by atoms with Gasteiger partial charge in [0, 0.05) is 0 Å². The van der Waals surface area contributed by atoms with Crippen LogP contribution in [0.4, 0.5) is 4.79 Å². The molecule has 0 unspecified atom stereocenters. The largest absolute Gasteiger partial charge is 0.506 e. The third-order valence-electron chi connectivity index (χ3n) is 2.83. The van der Waals surface area contributed by atoms with Crippen molar-refractivity contribution in [3.63, 3.8) is 0 Å². The molecular weight excluding hydrogens is 180 g/mol. The van der Waals surface area contributed by atoms with Crippen LogP contribution >= 0.6 is 0 Å². The molecule has 0 atom stereocenters. The highest BCUT2D eigenvalue weighted by Gasteiger charge is 2.29. The molecule has 0 heterocycles. The summed E-state index contributed by atoms with van der Waals surface area (Å²) in [5.41, 5.74) is -0.443. The molecule has 0 aliphatic rings. The molecule has 84 valence electrons. The normalized spacial score (nSPS) is 11.4. The van der Waals surface area contributed by atoms with Gasteiger partial charge in [0.2, 0.25) is 0 Å². The molecule has 0 aromatic heterocycles. The lowest BCUT2D eigenvalue weighted by atomic mass is 9.90. The number of unbranched alkanes of at least 4 members (excludes halogenated alkanes) is 2. The highest BCUT2D eigenvalue weighted by Crippen LogP contribution is 2.27. The lowest BCUT2D eigenvalue weighted by Gasteiger charge is -2.30. The van der Waals surface area contributed by atoms with E-state index in [1.807, 2.05) is 13.8 Å². The summed E-state index contributed by atoms with van der Waals surface area (Å²) in [7, 11) is 0. The second-order valence-corrected chi connectivity index (χ2v) is 3.72. The van der Waals surface area contributed by atoms with E-state index in [0.29, 0.717) is 0 Å². The lowest BCUT2D eigenvalue weighted by Crippen LogP contribution is -2.33. The summed E-state index contributed by atoms with van der Waals surface area (Å²) in [6, 6.07) is 0. The van der Waals surface area contributed by atoms with Gasteiger partial charge in [-0.15, -0.1) is 0 Å². The summed E-state index contributed by atoms with van der Waals surface area (Å²) in [5.74, 6) is 0. The Morgan fingerprint density at radius 1 is 1.21 bits per heavy atom. The molecule has 14 heavy (non-hydrogen) atoms. The monoisotopic (exact) mass is 202 g/mol. The van der Waals surface area contributed by atoms with Crippen molar-refractivity contribution in [1.82, 2.24) is 0 Å². The minimum Gasteiger partial charge on any atom is -0.450 e. The van der Waals surface area contributed by atoms with Crippen molar-refractivity contribution in [3.8, 4) is 0 Å². The van der Waals surface area contributed by atoms with Crippen LogP contribution in [0.5, 0.6) is 0 Å². The molecule has 0 saturated carbocycles. The quantitative estimate of drug-likeness (QED) is 0.504. The predicted molar refractivity (Wildman–Crippen MR) is 56.6 cm³/mol. The smallest absolute Gasteiger partial charge is 0.450 e. The second kappa shape index (κ2) is 6.68. The zero-order valence-electron chi connectivity index (χ0n) is 9.51. The molecule has 3 nitrogen and oxygen atoms in total. The summed E-state index contributed by atoms with van der Waals surface area (Å²) in [6.07, 6.45) is 4.57. The van der Waals surface area contributed by atoms with Crippen LogP contribution in [-0.2, 0) is 4.74 Å². The number of carboxylic acid groups (broad SMARTS) is 1. The van der Waals surface area contributed by atoms with Crippen molar-refractivity contribution in [1.29, 1.82) is 0 Å². The summed E-state index contributed by atoms with van der Waals surface area (Å²) >= 11 is 0. The molecule has 1 N–H and O–H groups in total. The van der Waals surface area contributed by atoms with E-state index in [2.05, 4.69) is 6.92 Å². The van der Waals surface area contributed by atoms with Crippen molar-refractivity contribution in [3.05, 3.63) is 0 Å². The number of rotatable bonds is 7. The molecule has 0 radical (unpaired) electrons. The maximum Gasteiger partial charge on any atom is 0.506 e. The highest BCUT2D eigenvalue weighted by molar-refractivity contribution is 5.57. The minimum atomic E-state index is -1.15. The zero-order valence-corrected chi connectivity index (χ0v) is 9.51. The van der Waals surface area contributed by atoms with Crippen molar-refractivity contribution in [2.45, 2.75) is 64.9 Å². The molecular formula is C11H22O3. The van der Waals surface area contributed by atoms with E-state index in [0.717, 1.165) is 38.5 Å². The Morgan fingerprint density at radius 3 is 2.14 bits per heavy atom. The van der Waals surface area contributed by atoms with Gasteiger partial charge in [-0.2, -0.15) is 0 Å². The van der Waals surface area contributed by atoms with Crippen molar-refractivity contribution >= 4 is 6.16 Å². The predicted octanol–water partition coefficient (Wildman–Crippen LogP) is 3.82. The average Bonchev–Trinajstić information content (AvgIpc) is 2.16. The number of carbonyl (C=O) groups is 1. The van der Waals surface area contributed by atoms with Gasteiger partial charge < -0.3 is 9.84 Å². The molecule has 0 aromatic carbocycles. The second-order valence-electron chi connectivity index (χ2n) is 3.72. The minimum absolute atomic E-state index is 0.443. The number of hydrogen-bond donors (Lipinski definition) is 1. The summed E-state index contributed by atoms with van der Waals surface area (Å²) in [4.78, 5) is 10.5. The van der Waals surface area contributed by atoms with E-state index in [4.69, 9.17) is 9.84 Å². The average molecular weight is 202 g/mol. The van der Waals surface area contributed by atoms with Crippen molar-refractivity contribution in [2.24, 2.45) is 0 Å². The number of hydrogen-bond acceptors (Lipinski definition) is 2. The van der Waals surface area contributed by atoms with Gasteiger partial charge >= 0.3 is 6.16 Å². The fourth-order valence-corrected chi connectivity index (χ4v) is 1.68. The van der Waals surface area contributed by atoms with Crippen LogP contribution in [0.2, 0.25) is 0 Å². The van der Waals surface area contributed by atoms with Gasteiger partial charge in [-0.1, -0.05) is 33.6 Å². The van der Waals surface area contributed by atoms with Crippen LogP contribution < -0.4 is 0 Å². The lowest BCUT2D eigenvalue weighted by molar-refractivity contribution is -0.0309. The van der Waals surface area contributed by atoms with Gasteiger partial charge in [-0.05, 0) is 25.7 Å². The van der Waals surface area contributed by atoms with Gasteiger partial charge in [-0.25, -0.2) is 4.79 Å². The molecule has 0 spiro atoms. The van der Waals surface area contributed by atoms with Gasteiger partial charge in [0.05, 0.1) is 0 Å². The molecule has 0 bridgehead atoms. The van der Waals surface area contributed by atoms with Gasteiger partial charge in [0.1, 0.15) is 5.60 Å². The Morgan fingerprint density at radius 2 is 1.79 bits per heavy atom. The van der Waals surface area contributed by atoms with Gasteiger partial charge in [-0.3, -0.25) is 0 Å². The maximum absolute atomic E-state index is 10.5. The number of ether oxygens (including phenoxy) is 1. The summed E-state index contributed by atoms with van der Waals surface area (Å²) in [6.45, 7) is 6.11. The summed E-state index contributed by atoms with van der Waals surface area (Å²) < 4.78 is 5.00. The zero-order chi connectivity index (χ0) is 11.0. The first-order chi connectivity index (χ1) is 6.60. The van der Waals surface area contributed by atoms with E-state index < -0.39 is 11.8 Å². The van der Waals surface area contributed by atoms with Gasteiger partial charge in [0.25, 0.3) is 0 Å². The standard InChI is InChI=1S/C11H22O3/c1-4-7-8-9-11(5-2,6-3)14-10(12)13/h4-9H2,1-3H3,(H,12,13). The Balaban J connectivity index is 4.14.